The summed E-state index contributed by atoms with van der Waals surface area (Å²) in [6.45, 7) is 1.81. The van der Waals surface area contributed by atoms with E-state index in [1.165, 1.54) is 0 Å². The van der Waals surface area contributed by atoms with E-state index in [2.05, 4.69) is 11.1 Å². The van der Waals surface area contributed by atoms with Crippen molar-refractivity contribution in [1.82, 2.24) is 4.98 Å². The topological polar surface area (TPSA) is 53.4 Å². The van der Waals surface area contributed by atoms with E-state index in [0.29, 0.717) is 0 Å². The molecule has 2 N–H and O–H groups in total. The number of pyridine rings is 1. The summed E-state index contributed by atoms with van der Waals surface area (Å²) < 4.78 is 0. The van der Waals surface area contributed by atoms with Crippen LogP contribution in [0.15, 0.2) is 36.4 Å². The largest absolute Gasteiger partial charge is 0.508 e. The van der Waals surface area contributed by atoms with Crippen LogP contribution in [0, 0.1) is 0 Å². The SMILES string of the molecule is CC(O)CCCC=Cc1ccc2cc(O)ccc2n1. The number of phenols is 1. The molecule has 3 heteroatoms. The van der Waals surface area contributed by atoms with Crippen LogP contribution in [0.5, 0.6) is 5.75 Å². The lowest BCUT2D eigenvalue weighted by atomic mass is 10.1. The number of aliphatic hydroxyl groups excluding tert-OH is 1. The number of aromatic nitrogens is 1. The molecule has 3 nitrogen and oxygen atoms in total. The Morgan fingerprint density at radius 3 is 2.89 bits per heavy atom. The number of hydrogen-bond acceptors (Lipinski definition) is 3. The van der Waals surface area contributed by atoms with Crippen LogP contribution >= 0.6 is 0 Å². The van der Waals surface area contributed by atoms with E-state index in [0.717, 1.165) is 35.9 Å². The molecule has 0 saturated heterocycles. The molecule has 0 bridgehead atoms. The van der Waals surface area contributed by atoms with Crippen molar-refractivity contribution in [3.63, 3.8) is 0 Å². The Bertz CT molecular complexity index is 576. The predicted molar refractivity (Wildman–Crippen MR) is 78.0 cm³/mol. The lowest BCUT2D eigenvalue weighted by Gasteiger charge is -2.01. The third kappa shape index (κ3) is 4.07. The van der Waals surface area contributed by atoms with Gasteiger partial charge in [-0.15, -0.1) is 0 Å². The highest BCUT2D eigenvalue weighted by molar-refractivity contribution is 5.81. The van der Waals surface area contributed by atoms with Crippen LogP contribution < -0.4 is 0 Å². The fourth-order valence-electron chi connectivity index (χ4n) is 1.96. The van der Waals surface area contributed by atoms with Crippen LogP contribution in [0.1, 0.15) is 31.9 Å². The molecule has 0 aliphatic heterocycles. The minimum Gasteiger partial charge on any atom is -0.508 e. The van der Waals surface area contributed by atoms with Gasteiger partial charge in [-0.1, -0.05) is 12.1 Å². The zero-order chi connectivity index (χ0) is 13.7. The van der Waals surface area contributed by atoms with Gasteiger partial charge in [-0.05, 0) is 56.5 Å². The van der Waals surface area contributed by atoms with E-state index in [9.17, 15) is 5.11 Å². The number of aromatic hydroxyl groups is 1. The predicted octanol–water partition coefficient (Wildman–Crippen LogP) is 3.50. The minimum absolute atomic E-state index is 0.222. The van der Waals surface area contributed by atoms with Crippen LogP contribution in [0.4, 0.5) is 0 Å². The van der Waals surface area contributed by atoms with Gasteiger partial charge >= 0.3 is 0 Å². The molecule has 1 unspecified atom stereocenters. The van der Waals surface area contributed by atoms with Crippen molar-refractivity contribution in [3.05, 3.63) is 42.1 Å². The number of benzene rings is 1. The van der Waals surface area contributed by atoms with Crippen molar-refractivity contribution in [1.29, 1.82) is 0 Å². The third-order valence-corrected chi connectivity index (χ3v) is 2.98. The third-order valence-electron chi connectivity index (χ3n) is 2.98. The highest BCUT2D eigenvalue weighted by Gasteiger charge is 1.97. The zero-order valence-electron chi connectivity index (χ0n) is 11.1. The summed E-state index contributed by atoms with van der Waals surface area (Å²) in [6.07, 6.45) is 6.61. The molecular weight excluding hydrogens is 238 g/mol. The molecular formula is C16H19NO2. The van der Waals surface area contributed by atoms with Gasteiger partial charge in [-0.2, -0.15) is 0 Å². The van der Waals surface area contributed by atoms with Gasteiger partial charge in [0.15, 0.2) is 0 Å². The second-order valence-electron chi connectivity index (χ2n) is 4.80. The molecule has 1 atom stereocenters. The van der Waals surface area contributed by atoms with Gasteiger partial charge in [-0.25, -0.2) is 4.98 Å². The van der Waals surface area contributed by atoms with Crippen LogP contribution in [0.25, 0.3) is 17.0 Å². The second kappa shape index (κ2) is 6.34. The van der Waals surface area contributed by atoms with Crippen molar-refractivity contribution in [2.75, 3.05) is 0 Å². The van der Waals surface area contributed by atoms with E-state index in [1.807, 2.05) is 31.2 Å². The quantitative estimate of drug-likeness (QED) is 0.806. The molecule has 1 aromatic carbocycles. The van der Waals surface area contributed by atoms with E-state index in [4.69, 9.17) is 5.11 Å². The van der Waals surface area contributed by atoms with Gasteiger partial charge in [0.2, 0.25) is 0 Å². The van der Waals surface area contributed by atoms with E-state index in [1.54, 1.807) is 12.1 Å². The number of fused-ring (bicyclic) bond motifs is 1. The monoisotopic (exact) mass is 257 g/mol. The molecule has 2 aromatic rings. The van der Waals surface area contributed by atoms with Gasteiger partial charge < -0.3 is 10.2 Å². The average molecular weight is 257 g/mol. The zero-order valence-corrected chi connectivity index (χ0v) is 11.1. The number of phenolic OH excluding ortho intramolecular Hbond substituents is 1. The summed E-state index contributed by atoms with van der Waals surface area (Å²) in [6, 6.07) is 9.06. The van der Waals surface area contributed by atoms with Gasteiger partial charge in [0, 0.05) is 5.39 Å². The molecule has 100 valence electrons. The normalized spacial score (nSPS) is 13.2. The molecule has 1 heterocycles. The molecule has 0 aliphatic carbocycles. The van der Waals surface area contributed by atoms with Gasteiger partial charge in [0.05, 0.1) is 17.3 Å². The molecule has 0 saturated carbocycles. The van der Waals surface area contributed by atoms with E-state index in [-0.39, 0.29) is 11.9 Å². The maximum absolute atomic E-state index is 9.38. The van der Waals surface area contributed by atoms with E-state index < -0.39 is 0 Å². The Balaban J connectivity index is 2.01. The summed E-state index contributed by atoms with van der Waals surface area (Å²) in [4.78, 5) is 4.50. The number of rotatable bonds is 5. The van der Waals surface area contributed by atoms with Gasteiger partial charge in [0.25, 0.3) is 0 Å². The number of hydrogen-bond donors (Lipinski definition) is 2. The van der Waals surface area contributed by atoms with Crippen molar-refractivity contribution in [3.8, 4) is 5.75 Å². The second-order valence-corrected chi connectivity index (χ2v) is 4.80. The molecule has 2 rings (SSSR count). The maximum atomic E-state index is 9.38. The Hall–Kier alpha value is -1.87. The van der Waals surface area contributed by atoms with Crippen LogP contribution in [-0.2, 0) is 0 Å². The van der Waals surface area contributed by atoms with E-state index >= 15 is 0 Å². The molecule has 0 radical (unpaired) electrons. The highest BCUT2D eigenvalue weighted by atomic mass is 16.3. The summed E-state index contributed by atoms with van der Waals surface area (Å²) in [5, 5.41) is 19.5. The lowest BCUT2D eigenvalue weighted by Crippen LogP contribution is -1.97. The lowest BCUT2D eigenvalue weighted by molar-refractivity contribution is 0.182. The van der Waals surface area contributed by atoms with Crippen molar-refractivity contribution in [2.45, 2.75) is 32.3 Å². The van der Waals surface area contributed by atoms with Crippen molar-refractivity contribution >= 4 is 17.0 Å². The summed E-state index contributed by atoms with van der Waals surface area (Å²) in [7, 11) is 0. The fourth-order valence-corrected chi connectivity index (χ4v) is 1.96. The minimum atomic E-state index is -0.222. The fraction of sp³-hybridized carbons (Fsp3) is 0.312. The Morgan fingerprint density at radius 1 is 1.26 bits per heavy atom. The number of unbranched alkanes of at least 4 members (excludes halogenated alkanes) is 1. The average Bonchev–Trinajstić information content (AvgIpc) is 2.38. The van der Waals surface area contributed by atoms with Gasteiger partial charge in [0.1, 0.15) is 5.75 Å². The molecule has 0 aliphatic rings. The van der Waals surface area contributed by atoms with Crippen LogP contribution in [0.2, 0.25) is 0 Å². The Morgan fingerprint density at radius 2 is 2.11 bits per heavy atom. The summed E-state index contributed by atoms with van der Waals surface area (Å²) in [5.74, 6) is 0.260. The highest BCUT2D eigenvalue weighted by Crippen LogP contribution is 2.19. The summed E-state index contributed by atoms with van der Waals surface area (Å²) >= 11 is 0. The number of allylic oxidation sites excluding steroid dienone is 1. The molecule has 0 spiro atoms. The first-order valence-corrected chi connectivity index (χ1v) is 6.59. The first-order chi connectivity index (χ1) is 9.15. The Kier molecular flexibility index (Phi) is 4.53. The molecule has 0 fully saturated rings. The first-order valence-electron chi connectivity index (χ1n) is 6.59. The molecule has 1 aromatic heterocycles. The maximum Gasteiger partial charge on any atom is 0.116 e. The molecule has 0 amide bonds. The first kappa shape index (κ1) is 13.6. The van der Waals surface area contributed by atoms with Crippen molar-refractivity contribution < 1.29 is 10.2 Å². The molecule has 19 heavy (non-hydrogen) atoms. The van der Waals surface area contributed by atoms with Crippen LogP contribution in [-0.4, -0.2) is 21.3 Å². The standard InChI is InChI=1S/C16H19NO2/c1-12(18)5-3-2-4-6-14-8-7-13-11-15(19)9-10-16(13)17-14/h4,6-12,18-19H,2-3,5H2,1H3. The smallest absolute Gasteiger partial charge is 0.116 e. The summed E-state index contributed by atoms with van der Waals surface area (Å²) in [5.41, 5.74) is 1.79. The van der Waals surface area contributed by atoms with Crippen molar-refractivity contribution in [2.24, 2.45) is 0 Å². The Labute approximate surface area is 113 Å². The van der Waals surface area contributed by atoms with Crippen LogP contribution in [0.3, 0.4) is 0 Å². The number of aliphatic hydroxyl groups is 1. The number of nitrogens with zero attached hydrogens (tertiary/aromatic N) is 1. The van der Waals surface area contributed by atoms with Gasteiger partial charge in [-0.3, -0.25) is 0 Å².